The summed E-state index contributed by atoms with van der Waals surface area (Å²) in [5.41, 5.74) is 3.72. The molecule has 4 rings (SSSR count). The molecule has 3 aromatic rings. The minimum Gasteiger partial charge on any atom is -0.381 e. The van der Waals surface area contributed by atoms with Crippen molar-refractivity contribution in [2.24, 2.45) is 7.05 Å². The Balaban J connectivity index is 1.74. The molecule has 2 aromatic heterocycles. The van der Waals surface area contributed by atoms with Gasteiger partial charge in [0.1, 0.15) is 5.82 Å². The Kier molecular flexibility index (Phi) is 5.65. The lowest BCUT2D eigenvalue weighted by Gasteiger charge is -2.33. The molecule has 9 heteroatoms. The number of aromatic nitrogens is 3. The Morgan fingerprint density at radius 1 is 1.19 bits per heavy atom. The molecule has 6 nitrogen and oxygen atoms in total. The van der Waals surface area contributed by atoms with Crippen molar-refractivity contribution in [3.63, 3.8) is 0 Å². The Morgan fingerprint density at radius 3 is 2.58 bits per heavy atom. The van der Waals surface area contributed by atoms with E-state index in [1.165, 1.54) is 4.57 Å². The van der Waals surface area contributed by atoms with Gasteiger partial charge in [0.05, 0.1) is 23.7 Å². The van der Waals surface area contributed by atoms with Gasteiger partial charge in [0.15, 0.2) is 0 Å². The van der Waals surface area contributed by atoms with Gasteiger partial charge < -0.3 is 13.9 Å². The Labute approximate surface area is 177 Å². The number of benzene rings is 1. The van der Waals surface area contributed by atoms with Gasteiger partial charge in [0.2, 0.25) is 0 Å². The number of hydrogen-bond donors (Lipinski definition) is 0. The van der Waals surface area contributed by atoms with Crippen molar-refractivity contribution in [3.8, 4) is 11.1 Å². The smallest absolute Gasteiger partial charge is 0.381 e. The monoisotopic (exact) mass is 435 g/mol. The lowest BCUT2D eigenvalue weighted by Crippen LogP contribution is -2.31. The average molecular weight is 435 g/mol. The Hall–Kier alpha value is -2.65. The van der Waals surface area contributed by atoms with E-state index < -0.39 is 13.0 Å². The van der Waals surface area contributed by atoms with Crippen molar-refractivity contribution in [1.82, 2.24) is 14.1 Å². The number of halogens is 3. The summed E-state index contributed by atoms with van der Waals surface area (Å²) in [7, 11) is 3.35. The van der Waals surface area contributed by atoms with E-state index in [0.29, 0.717) is 11.1 Å². The molecular formula is C22H24F3N3O3. The van der Waals surface area contributed by atoms with Gasteiger partial charge in [0.25, 0.3) is 5.56 Å². The summed E-state index contributed by atoms with van der Waals surface area (Å²) in [5, 5.41) is 0. The first kappa shape index (κ1) is 21.6. The number of fused-ring (bicyclic) bond motifs is 1. The summed E-state index contributed by atoms with van der Waals surface area (Å²) >= 11 is 0. The highest BCUT2D eigenvalue weighted by atomic mass is 19.4. The fraction of sp³-hybridized carbons (Fsp3) is 0.455. The molecule has 1 aromatic carbocycles. The maximum Gasteiger partial charge on any atom is 0.522 e. The van der Waals surface area contributed by atoms with Crippen LogP contribution in [0.4, 0.5) is 13.2 Å². The quantitative estimate of drug-likeness (QED) is 0.584. The Morgan fingerprint density at radius 2 is 1.94 bits per heavy atom. The van der Waals surface area contributed by atoms with Crippen LogP contribution in [-0.4, -0.2) is 40.3 Å². The predicted octanol–water partition coefficient (Wildman–Crippen LogP) is 4.14. The van der Waals surface area contributed by atoms with Crippen molar-refractivity contribution in [3.05, 3.63) is 52.2 Å². The summed E-state index contributed by atoms with van der Waals surface area (Å²) in [5.74, 6) is 0.884. The average Bonchev–Trinajstić information content (AvgIpc) is 3.01. The van der Waals surface area contributed by atoms with Crippen LogP contribution >= 0.6 is 0 Å². The molecular weight excluding hydrogens is 411 g/mol. The van der Waals surface area contributed by atoms with E-state index in [2.05, 4.69) is 4.74 Å². The molecule has 0 radical (unpaired) electrons. The number of methoxy groups -OCH3 is 1. The normalized spacial score (nSPS) is 19.0. The van der Waals surface area contributed by atoms with E-state index in [1.54, 1.807) is 27.3 Å². The van der Waals surface area contributed by atoms with Gasteiger partial charge in [-0.15, -0.1) is 13.2 Å². The zero-order valence-electron chi connectivity index (χ0n) is 17.6. The van der Waals surface area contributed by atoms with Gasteiger partial charge in [0, 0.05) is 38.4 Å². The zero-order valence-corrected chi connectivity index (χ0v) is 17.6. The molecule has 31 heavy (non-hydrogen) atoms. The van der Waals surface area contributed by atoms with Gasteiger partial charge in [-0.2, -0.15) is 0 Å². The highest BCUT2D eigenvalue weighted by Gasteiger charge is 2.34. The summed E-state index contributed by atoms with van der Waals surface area (Å²) < 4.78 is 50.3. The van der Waals surface area contributed by atoms with Crippen molar-refractivity contribution in [2.45, 2.75) is 44.7 Å². The number of ether oxygens (including phenoxy) is 2. The van der Waals surface area contributed by atoms with Crippen LogP contribution in [0.1, 0.15) is 30.1 Å². The fourth-order valence-electron chi connectivity index (χ4n) is 4.12. The number of alkyl halides is 3. The molecule has 0 amide bonds. The first-order valence-corrected chi connectivity index (χ1v) is 10.1. The number of imidazole rings is 1. The predicted molar refractivity (Wildman–Crippen MR) is 110 cm³/mol. The molecule has 0 atom stereocenters. The van der Waals surface area contributed by atoms with Crippen LogP contribution in [-0.2, 0) is 23.1 Å². The van der Waals surface area contributed by atoms with E-state index in [1.807, 2.05) is 28.8 Å². The van der Waals surface area contributed by atoms with Crippen LogP contribution in [0.15, 0.2) is 35.3 Å². The summed E-state index contributed by atoms with van der Waals surface area (Å²) in [4.78, 5) is 16.7. The van der Waals surface area contributed by atoms with Crippen molar-refractivity contribution in [2.75, 3.05) is 13.7 Å². The van der Waals surface area contributed by atoms with E-state index >= 15 is 0 Å². The van der Waals surface area contributed by atoms with Crippen LogP contribution in [0, 0.1) is 6.92 Å². The number of hydrogen-bond acceptors (Lipinski definition) is 4. The molecule has 1 saturated carbocycles. The van der Waals surface area contributed by atoms with E-state index in [-0.39, 0.29) is 24.1 Å². The number of rotatable bonds is 6. The maximum absolute atomic E-state index is 12.5. The lowest BCUT2D eigenvalue weighted by atomic mass is 9.81. The number of pyridine rings is 1. The van der Waals surface area contributed by atoms with Gasteiger partial charge in [-0.25, -0.2) is 4.98 Å². The first-order chi connectivity index (χ1) is 14.7. The van der Waals surface area contributed by atoms with Crippen molar-refractivity contribution in [1.29, 1.82) is 0 Å². The molecule has 0 N–H and O–H groups in total. The molecule has 0 saturated heterocycles. The fourth-order valence-corrected chi connectivity index (χ4v) is 4.12. The second-order valence-electron chi connectivity index (χ2n) is 7.97. The summed E-state index contributed by atoms with van der Waals surface area (Å²) in [6.45, 7) is 1.30. The molecule has 0 aliphatic heterocycles. The summed E-state index contributed by atoms with van der Waals surface area (Å²) in [6.07, 6.45) is -1.21. The standard InChI is InChI=1S/C22H24F3N3O3/c1-13-8-16(12-27(2)21(13)29)14-4-5-18-19(11-14)28(6-7-31-22(23,24)25)20(26-18)15-9-17(10-15)30-3/h4-5,8,11-12,15,17H,6-7,9-10H2,1-3H3. The van der Waals surface area contributed by atoms with Crippen LogP contribution in [0.3, 0.4) is 0 Å². The third-order valence-electron chi connectivity index (χ3n) is 5.85. The molecule has 1 aliphatic carbocycles. The maximum atomic E-state index is 12.5. The van der Waals surface area contributed by atoms with Gasteiger partial charge in [-0.1, -0.05) is 6.07 Å². The SMILES string of the molecule is COC1CC(c2nc3ccc(-c4cc(C)c(=O)n(C)c4)cc3n2CCOC(F)(F)F)C1. The van der Waals surface area contributed by atoms with Gasteiger partial charge >= 0.3 is 6.36 Å². The van der Waals surface area contributed by atoms with Crippen molar-refractivity contribution < 1.29 is 22.6 Å². The number of nitrogens with zero attached hydrogens (tertiary/aromatic N) is 3. The molecule has 0 bridgehead atoms. The largest absolute Gasteiger partial charge is 0.522 e. The first-order valence-electron chi connectivity index (χ1n) is 10.1. The second kappa shape index (κ2) is 8.12. The zero-order chi connectivity index (χ0) is 22.3. The molecule has 0 unspecified atom stereocenters. The molecule has 166 valence electrons. The topological polar surface area (TPSA) is 58.3 Å². The van der Waals surface area contributed by atoms with Crippen LogP contribution in [0.25, 0.3) is 22.2 Å². The van der Waals surface area contributed by atoms with Crippen LogP contribution in [0.2, 0.25) is 0 Å². The van der Waals surface area contributed by atoms with E-state index in [4.69, 9.17) is 9.72 Å². The molecule has 2 heterocycles. The molecule has 1 aliphatic rings. The lowest BCUT2D eigenvalue weighted by molar-refractivity contribution is -0.325. The minimum atomic E-state index is -4.67. The van der Waals surface area contributed by atoms with Crippen molar-refractivity contribution >= 4 is 11.0 Å². The summed E-state index contributed by atoms with van der Waals surface area (Å²) in [6, 6.07) is 7.49. The van der Waals surface area contributed by atoms with Gasteiger partial charge in [-0.05, 0) is 49.1 Å². The van der Waals surface area contributed by atoms with Crippen LogP contribution < -0.4 is 5.56 Å². The molecule has 0 spiro atoms. The minimum absolute atomic E-state index is 0.0370. The number of aryl methyl sites for hydroxylation is 2. The van der Waals surface area contributed by atoms with E-state index in [0.717, 1.165) is 35.3 Å². The van der Waals surface area contributed by atoms with Crippen LogP contribution in [0.5, 0.6) is 0 Å². The second-order valence-corrected chi connectivity index (χ2v) is 7.97. The Bertz CT molecular complexity index is 1130. The van der Waals surface area contributed by atoms with Gasteiger partial charge in [-0.3, -0.25) is 9.53 Å². The third kappa shape index (κ3) is 4.38. The highest BCUT2D eigenvalue weighted by Crippen LogP contribution is 2.39. The third-order valence-corrected chi connectivity index (χ3v) is 5.85. The molecule has 1 fully saturated rings. The highest BCUT2D eigenvalue weighted by molar-refractivity contribution is 5.82. The van der Waals surface area contributed by atoms with E-state index in [9.17, 15) is 18.0 Å².